The largest absolute Gasteiger partial charge is 0.502 e. The molecule has 0 bridgehead atoms. The molecule has 5 aromatic rings. The molecule has 1 aromatic heterocycles. The second-order valence-corrected chi connectivity index (χ2v) is 6.30. The number of benzene rings is 4. The lowest BCUT2D eigenvalue weighted by atomic mass is 9.94. The first-order valence-corrected chi connectivity index (χ1v) is 8.40. The van der Waals surface area contributed by atoms with Crippen LogP contribution in [0, 0.1) is 0 Å². The van der Waals surface area contributed by atoms with Gasteiger partial charge in [0.15, 0.2) is 5.76 Å². The lowest BCUT2D eigenvalue weighted by Crippen LogP contribution is -2.02. The average Bonchev–Trinajstić information content (AvgIpc) is 2.69. The lowest BCUT2D eigenvalue weighted by molar-refractivity contribution is 0.449. The van der Waals surface area contributed by atoms with Crippen molar-refractivity contribution in [2.45, 2.75) is 0 Å². The van der Waals surface area contributed by atoms with Crippen molar-refractivity contribution in [3.8, 4) is 17.1 Å². The van der Waals surface area contributed by atoms with E-state index in [1.807, 2.05) is 54.6 Å². The van der Waals surface area contributed by atoms with Crippen molar-refractivity contribution in [3.05, 3.63) is 89.1 Å². The van der Waals surface area contributed by atoms with Gasteiger partial charge < -0.3 is 9.52 Å². The van der Waals surface area contributed by atoms with E-state index in [4.69, 9.17) is 4.42 Å². The monoisotopic (exact) mass is 338 g/mol. The first kappa shape index (κ1) is 14.7. The molecule has 0 atom stereocenters. The number of rotatable bonds is 1. The highest BCUT2D eigenvalue weighted by Crippen LogP contribution is 2.40. The normalized spacial score (nSPS) is 11.4. The third kappa shape index (κ3) is 2.04. The van der Waals surface area contributed by atoms with Gasteiger partial charge in [-0.2, -0.15) is 0 Å². The molecular weight excluding hydrogens is 324 g/mol. The molecule has 0 radical (unpaired) electrons. The Morgan fingerprint density at radius 3 is 1.88 bits per heavy atom. The van der Waals surface area contributed by atoms with Crippen LogP contribution in [-0.4, -0.2) is 5.11 Å². The molecule has 0 aliphatic heterocycles. The molecule has 3 heteroatoms. The Morgan fingerprint density at radius 2 is 1.23 bits per heavy atom. The van der Waals surface area contributed by atoms with Crippen molar-refractivity contribution in [1.82, 2.24) is 0 Å². The third-order valence-electron chi connectivity index (χ3n) is 4.77. The Kier molecular flexibility index (Phi) is 3.09. The maximum atomic E-state index is 12.7. The number of hydrogen-bond acceptors (Lipinski definition) is 3. The van der Waals surface area contributed by atoms with E-state index in [0.29, 0.717) is 11.0 Å². The van der Waals surface area contributed by atoms with Crippen LogP contribution in [-0.2, 0) is 0 Å². The maximum absolute atomic E-state index is 12.7. The summed E-state index contributed by atoms with van der Waals surface area (Å²) in [5.74, 6) is -0.146. The Bertz CT molecular complexity index is 1310. The summed E-state index contributed by atoms with van der Waals surface area (Å²) >= 11 is 0. The zero-order valence-corrected chi connectivity index (χ0v) is 13.8. The molecule has 0 spiro atoms. The standard InChI is InChI=1S/C23H14O3/c24-21-18-11-5-6-12-19(18)26-23(22(21)25)20-16-9-3-1-7-14(16)13-15-8-2-4-10-17(15)20/h1-13,25H. The van der Waals surface area contributed by atoms with Crippen LogP contribution in [0.3, 0.4) is 0 Å². The molecule has 0 aliphatic rings. The van der Waals surface area contributed by atoms with E-state index in [1.54, 1.807) is 18.2 Å². The van der Waals surface area contributed by atoms with E-state index >= 15 is 0 Å². The van der Waals surface area contributed by atoms with Crippen molar-refractivity contribution >= 4 is 32.5 Å². The molecule has 1 N–H and O–H groups in total. The molecule has 26 heavy (non-hydrogen) atoms. The summed E-state index contributed by atoms with van der Waals surface area (Å²) in [6, 6.07) is 24.9. The highest BCUT2D eigenvalue weighted by molar-refractivity contribution is 6.12. The van der Waals surface area contributed by atoms with Crippen LogP contribution < -0.4 is 5.43 Å². The predicted molar refractivity (Wildman–Crippen MR) is 105 cm³/mol. The van der Waals surface area contributed by atoms with Crippen molar-refractivity contribution < 1.29 is 9.52 Å². The van der Waals surface area contributed by atoms with Crippen molar-refractivity contribution in [2.24, 2.45) is 0 Å². The number of para-hydroxylation sites is 1. The summed E-state index contributed by atoms with van der Waals surface area (Å²) in [5.41, 5.74) is 0.778. The third-order valence-corrected chi connectivity index (χ3v) is 4.77. The van der Waals surface area contributed by atoms with Crippen LogP contribution >= 0.6 is 0 Å². The Hall–Kier alpha value is -3.59. The molecule has 0 amide bonds. The van der Waals surface area contributed by atoms with Gasteiger partial charge in [-0.3, -0.25) is 4.79 Å². The van der Waals surface area contributed by atoms with Crippen LogP contribution in [0.15, 0.2) is 88.1 Å². The number of aromatic hydroxyl groups is 1. The average molecular weight is 338 g/mol. The highest BCUT2D eigenvalue weighted by Gasteiger charge is 2.19. The van der Waals surface area contributed by atoms with Crippen LogP contribution in [0.25, 0.3) is 43.8 Å². The summed E-state index contributed by atoms with van der Waals surface area (Å²) in [5, 5.41) is 14.9. The summed E-state index contributed by atoms with van der Waals surface area (Å²) in [6.07, 6.45) is 0. The van der Waals surface area contributed by atoms with Gasteiger partial charge in [0.1, 0.15) is 5.58 Å². The van der Waals surface area contributed by atoms with Gasteiger partial charge >= 0.3 is 0 Å². The molecule has 0 saturated heterocycles. The fourth-order valence-corrected chi connectivity index (χ4v) is 3.56. The zero-order valence-electron chi connectivity index (χ0n) is 13.8. The van der Waals surface area contributed by atoms with Crippen molar-refractivity contribution in [3.63, 3.8) is 0 Å². The van der Waals surface area contributed by atoms with E-state index in [9.17, 15) is 9.90 Å². The topological polar surface area (TPSA) is 50.4 Å². The molecule has 0 saturated carbocycles. The molecule has 3 nitrogen and oxygen atoms in total. The zero-order chi connectivity index (χ0) is 17.7. The fraction of sp³-hybridized carbons (Fsp3) is 0. The molecule has 4 aromatic carbocycles. The number of hydrogen-bond donors (Lipinski definition) is 1. The predicted octanol–water partition coefficient (Wildman–Crippen LogP) is 5.47. The Morgan fingerprint density at radius 1 is 0.692 bits per heavy atom. The second kappa shape index (κ2) is 5.46. The van der Waals surface area contributed by atoms with E-state index in [-0.39, 0.29) is 11.5 Å². The van der Waals surface area contributed by atoms with Crippen molar-refractivity contribution in [2.75, 3.05) is 0 Å². The van der Waals surface area contributed by atoms with Gasteiger partial charge in [0, 0.05) is 5.56 Å². The van der Waals surface area contributed by atoms with Gasteiger partial charge in [0.2, 0.25) is 11.2 Å². The minimum Gasteiger partial charge on any atom is -0.502 e. The van der Waals surface area contributed by atoms with Crippen LogP contribution in [0.4, 0.5) is 0 Å². The molecule has 0 unspecified atom stereocenters. The fourth-order valence-electron chi connectivity index (χ4n) is 3.56. The SMILES string of the molecule is O=c1c(O)c(-c2c3ccccc3cc3ccccc23)oc2ccccc12. The van der Waals surface area contributed by atoms with Crippen molar-refractivity contribution in [1.29, 1.82) is 0 Å². The molecule has 5 rings (SSSR count). The summed E-state index contributed by atoms with van der Waals surface area (Å²) in [7, 11) is 0. The first-order valence-electron chi connectivity index (χ1n) is 8.40. The van der Waals surface area contributed by atoms with Gasteiger partial charge in [-0.25, -0.2) is 0 Å². The van der Waals surface area contributed by atoms with E-state index < -0.39 is 5.43 Å². The lowest BCUT2D eigenvalue weighted by Gasteiger charge is -2.12. The molecular formula is C23H14O3. The van der Waals surface area contributed by atoms with Gasteiger partial charge in [-0.15, -0.1) is 0 Å². The van der Waals surface area contributed by atoms with Gasteiger partial charge in [-0.05, 0) is 39.7 Å². The molecule has 124 valence electrons. The van der Waals surface area contributed by atoms with Crippen LogP contribution in [0.2, 0.25) is 0 Å². The Balaban J connectivity index is 2.03. The minimum absolute atomic E-state index is 0.210. The smallest absolute Gasteiger partial charge is 0.235 e. The molecule has 1 heterocycles. The first-order chi connectivity index (χ1) is 12.7. The van der Waals surface area contributed by atoms with Crippen LogP contribution in [0.1, 0.15) is 0 Å². The molecule has 0 fully saturated rings. The second-order valence-electron chi connectivity index (χ2n) is 6.30. The van der Waals surface area contributed by atoms with Gasteiger partial charge in [0.05, 0.1) is 5.39 Å². The minimum atomic E-state index is -0.418. The summed E-state index contributed by atoms with van der Waals surface area (Å²) in [4.78, 5) is 12.7. The van der Waals surface area contributed by atoms with E-state index in [0.717, 1.165) is 27.1 Å². The quantitative estimate of drug-likeness (QED) is 0.412. The molecule has 0 aliphatic carbocycles. The van der Waals surface area contributed by atoms with E-state index in [1.165, 1.54) is 0 Å². The Labute approximate surface area is 148 Å². The van der Waals surface area contributed by atoms with Gasteiger partial charge in [-0.1, -0.05) is 60.7 Å². The summed E-state index contributed by atoms with van der Waals surface area (Å²) in [6.45, 7) is 0. The van der Waals surface area contributed by atoms with Crippen LogP contribution in [0.5, 0.6) is 5.75 Å². The highest BCUT2D eigenvalue weighted by atomic mass is 16.4. The summed E-state index contributed by atoms with van der Waals surface area (Å²) < 4.78 is 6.03. The van der Waals surface area contributed by atoms with Gasteiger partial charge in [0.25, 0.3) is 0 Å². The number of fused-ring (bicyclic) bond motifs is 3. The van der Waals surface area contributed by atoms with E-state index in [2.05, 4.69) is 6.07 Å². The maximum Gasteiger partial charge on any atom is 0.235 e.